The van der Waals surface area contributed by atoms with Crippen LogP contribution in [0.2, 0.25) is 0 Å². The third-order valence-corrected chi connectivity index (χ3v) is 13.6. The molecule has 66 heavy (non-hydrogen) atoms. The molecular weight excluding hydrogens is 821 g/mol. The summed E-state index contributed by atoms with van der Waals surface area (Å²) >= 11 is 1.77. The van der Waals surface area contributed by atoms with E-state index in [4.69, 9.17) is 21.8 Å². The molecule has 0 aliphatic rings. The van der Waals surface area contributed by atoms with Gasteiger partial charge in [0.25, 0.3) is 0 Å². The van der Waals surface area contributed by atoms with Crippen molar-refractivity contribution in [1.29, 1.82) is 0 Å². The third-order valence-electron chi connectivity index (χ3n) is 12.3. The molecule has 308 valence electrons. The summed E-state index contributed by atoms with van der Waals surface area (Å²) in [5, 5.41) is 4.59. The Bertz CT molecular complexity index is 4420. The molecule has 0 N–H and O–H groups in total. The van der Waals surface area contributed by atoms with Gasteiger partial charge in [0.1, 0.15) is 0 Å². The zero-order valence-electron chi connectivity index (χ0n) is 42.1. The van der Waals surface area contributed by atoms with Crippen molar-refractivity contribution in [3.8, 4) is 73.2 Å². The molecule has 0 bridgehead atoms. The molecule has 10 aromatic carbocycles. The minimum atomic E-state index is -0.465. The maximum atomic E-state index is 9.24. The Morgan fingerprint density at radius 3 is 1.74 bits per heavy atom. The lowest BCUT2D eigenvalue weighted by molar-refractivity contribution is 1.06. The van der Waals surface area contributed by atoms with Crippen LogP contribution in [0.3, 0.4) is 0 Å². The standard InChI is InChI=1S/C61H38N4S/c1-3-15-39(16-4-1)41-29-30-43-36-47(32-31-42(43)35-41)60-62-59(63-61(64-60)52-23-9-12-28-56(52)65-54-26-10-7-21-49(54)50-22-8-11-27-55(50)65)46-20-13-19-45(37-46)48-24-14-25-51-53-38-44(40-17-5-2-6-18-40)33-34-57(53)66-58(48)51/h1-38H/i7D,8D,10D,21D,22D,26D,27D. The van der Waals surface area contributed by atoms with E-state index in [0.717, 1.165) is 49.7 Å². The van der Waals surface area contributed by atoms with Crippen LogP contribution in [0.5, 0.6) is 0 Å². The van der Waals surface area contributed by atoms with Crippen LogP contribution in [0.25, 0.3) is 126 Å². The van der Waals surface area contributed by atoms with E-state index in [1.54, 1.807) is 22.0 Å². The fourth-order valence-corrected chi connectivity index (χ4v) is 10.4. The first-order valence-electron chi connectivity index (χ1n) is 25.2. The van der Waals surface area contributed by atoms with Gasteiger partial charge in [-0.25, -0.2) is 15.0 Å². The molecule has 5 heteroatoms. The molecule has 13 aromatic rings. The number of aromatic nitrogens is 4. The van der Waals surface area contributed by atoms with Crippen molar-refractivity contribution in [2.45, 2.75) is 0 Å². The summed E-state index contributed by atoms with van der Waals surface area (Å²) < 4.78 is 66.4. The van der Waals surface area contributed by atoms with Gasteiger partial charge in [0.15, 0.2) is 17.5 Å². The lowest BCUT2D eigenvalue weighted by Crippen LogP contribution is -2.03. The number of benzene rings is 10. The highest BCUT2D eigenvalue weighted by molar-refractivity contribution is 7.26. The second kappa shape index (κ2) is 15.6. The first-order chi connectivity index (χ1) is 35.6. The van der Waals surface area contributed by atoms with Crippen molar-refractivity contribution in [2.75, 3.05) is 0 Å². The molecule has 0 saturated heterocycles. The van der Waals surface area contributed by atoms with E-state index in [1.165, 1.54) is 31.8 Å². The van der Waals surface area contributed by atoms with Gasteiger partial charge in [0, 0.05) is 47.6 Å². The lowest BCUT2D eigenvalue weighted by atomic mass is 9.99. The SMILES string of the molecule is [2H]c1cc([2H])c2c(c1[2H])c1c([2H])c([2H])c([2H])c([2H])c1n2-c1ccccc1-c1nc(-c2cccc(-c3cccc4c3sc3ccc(-c5ccccc5)cc34)c2)nc(-c2ccc3cc(-c4ccccc4)ccc3c2)n1. The van der Waals surface area contributed by atoms with Crippen LogP contribution < -0.4 is 0 Å². The summed E-state index contributed by atoms with van der Waals surface area (Å²) in [5.41, 5.74) is 9.31. The molecule has 0 spiro atoms. The summed E-state index contributed by atoms with van der Waals surface area (Å²) in [4.78, 5) is 15.7. The van der Waals surface area contributed by atoms with Crippen molar-refractivity contribution < 1.29 is 9.60 Å². The highest BCUT2D eigenvalue weighted by atomic mass is 32.1. The number of nitrogens with zero attached hydrogens (tertiary/aromatic N) is 4. The quantitative estimate of drug-likeness (QED) is 0.160. The highest BCUT2D eigenvalue weighted by Crippen LogP contribution is 2.43. The van der Waals surface area contributed by atoms with Crippen LogP contribution in [-0.4, -0.2) is 19.5 Å². The van der Waals surface area contributed by atoms with Gasteiger partial charge < -0.3 is 4.57 Å². The number of hydrogen-bond donors (Lipinski definition) is 0. The van der Waals surface area contributed by atoms with Crippen molar-refractivity contribution in [3.05, 3.63) is 230 Å². The van der Waals surface area contributed by atoms with Crippen molar-refractivity contribution >= 4 is 64.1 Å². The fraction of sp³-hybridized carbons (Fsp3) is 0. The van der Waals surface area contributed by atoms with Gasteiger partial charge >= 0.3 is 0 Å². The van der Waals surface area contributed by atoms with Gasteiger partial charge in [-0.3, -0.25) is 0 Å². The number of fused-ring (bicyclic) bond motifs is 7. The Kier molecular flexibility index (Phi) is 7.43. The largest absolute Gasteiger partial charge is 0.309 e. The van der Waals surface area contributed by atoms with Crippen LogP contribution in [0, 0.1) is 0 Å². The van der Waals surface area contributed by atoms with Gasteiger partial charge in [0.05, 0.1) is 26.3 Å². The number of thiophene rings is 1. The maximum absolute atomic E-state index is 9.24. The summed E-state index contributed by atoms with van der Waals surface area (Å²) in [6.45, 7) is 0. The van der Waals surface area contributed by atoms with Gasteiger partial charge in [-0.05, 0) is 98.7 Å². The number of rotatable bonds is 7. The van der Waals surface area contributed by atoms with Gasteiger partial charge in [-0.15, -0.1) is 11.3 Å². The zero-order valence-corrected chi connectivity index (χ0v) is 35.9. The summed E-state index contributed by atoms with van der Waals surface area (Å²) in [5.74, 6) is 1.10. The third kappa shape index (κ3) is 6.48. The molecule has 3 heterocycles. The fourth-order valence-electron chi connectivity index (χ4n) is 9.18. The average molecular weight is 866 g/mol. The summed E-state index contributed by atoms with van der Waals surface area (Å²) in [6, 6.07) is 61.0. The normalized spacial score (nSPS) is 13.1. The van der Waals surface area contributed by atoms with E-state index in [9.17, 15) is 2.74 Å². The smallest absolute Gasteiger partial charge is 0.166 e. The van der Waals surface area contributed by atoms with Crippen molar-refractivity contribution in [3.63, 3.8) is 0 Å². The predicted octanol–water partition coefficient (Wildman–Crippen LogP) is 16.5. The molecule has 0 atom stereocenters. The van der Waals surface area contributed by atoms with Crippen molar-refractivity contribution in [1.82, 2.24) is 19.5 Å². The number of hydrogen-bond acceptors (Lipinski definition) is 4. The van der Waals surface area contributed by atoms with E-state index in [1.807, 2.05) is 60.7 Å². The van der Waals surface area contributed by atoms with E-state index < -0.39 is 12.1 Å². The maximum Gasteiger partial charge on any atom is 0.166 e. The molecule has 0 aliphatic heterocycles. The monoisotopic (exact) mass is 865 g/mol. The first-order valence-corrected chi connectivity index (χ1v) is 22.5. The molecule has 3 aromatic heterocycles. The van der Waals surface area contributed by atoms with Crippen LogP contribution in [-0.2, 0) is 0 Å². The van der Waals surface area contributed by atoms with Crippen molar-refractivity contribution in [2.24, 2.45) is 0 Å². The average Bonchev–Trinajstić information content (AvgIpc) is 4.01. The van der Waals surface area contributed by atoms with E-state index in [0.29, 0.717) is 22.9 Å². The van der Waals surface area contributed by atoms with E-state index in [2.05, 4.69) is 115 Å². The summed E-state index contributed by atoms with van der Waals surface area (Å²) in [6.07, 6.45) is 0. The van der Waals surface area contributed by atoms with Crippen LogP contribution >= 0.6 is 11.3 Å². The van der Waals surface area contributed by atoms with Crippen LogP contribution in [0.4, 0.5) is 0 Å². The second-order valence-corrected chi connectivity index (χ2v) is 17.3. The highest BCUT2D eigenvalue weighted by Gasteiger charge is 2.20. The lowest BCUT2D eigenvalue weighted by Gasteiger charge is -2.15. The molecule has 4 nitrogen and oxygen atoms in total. The van der Waals surface area contributed by atoms with Gasteiger partial charge in [-0.2, -0.15) is 0 Å². The minimum absolute atomic E-state index is 0.0640. The molecule has 0 aliphatic carbocycles. The Labute approximate surface area is 395 Å². The van der Waals surface area contributed by atoms with Crippen LogP contribution in [0.1, 0.15) is 9.60 Å². The molecule has 13 rings (SSSR count). The predicted molar refractivity (Wildman–Crippen MR) is 277 cm³/mol. The van der Waals surface area contributed by atoms with Gasteiger partial charge in [0.2, 0.25) is 0 Å². The topological polar surface area (TPSA) is 43.6 Å². The zero-order chi connectivity index (χ0) is 49.6. The Hall–Kier alpha value is -8.51. The Morgan fingerprint density at radius 1 is 0.364 bits per heavy atom. The van der Waals surface area contributed by atoms with Gasteiger partial charge in [-0.1, -0.05) is 176 Å². The molecule has 0 fully saturated rings. The second-order valence-electron chi connectivity index (χ2n) is 16.2. The Balaban J connectivity index is 1.02. The molecule has 0 amide bonds. The number of para-hydroxylation sites is 3. The molecule has 0 radical (unpaired) electrons. The summed E-state index contributed by atoms with van der Waals surface area (Å²) in [7, 11) is 0. The molecule has 0 unspecified atom stereocenters. The first kappa shape index (κ1) is 31.4. The molecule has 0 saturated carbocycles. The minimum Gasteiger partial charge on any atom is -0.309 e. The van der Waals surface area contributed by atoms with Crippen LogP contribution in [0.15, 0.2) is 230 Å². The van der Waals surface area contributed by atoms with E-state index in [-0.39, 0.29) is 57.8 Å². The van der Waals surface area contributed by atoms with E-state index >= 15 is 0 Å². The Morgan fingerprint density at radius 2 is 0.939 bits per heavy atom. The molecular formula is C61H38N4S.